The molecule has 4 atom stereocenters. The van der Waals surface area contributed by atoms with Gasteiger partial charge in [0.15, 0.2) is 5.96 Å². The fourth-order valence-electron chi connectivity index (χ4n) is 4.36. The van der Waals surface area contributed by atoms with Gasteiger partial charge in [-0.2, -0.15) is 0 Å². The highest BCUT2D eigenvalue weighted by atomic mass is 127. The Balaban J connectivity index is 0.00000182. The quantitative estimate of drug-likeness (QED) is 0.405. The second kappa shape index (κ2) is 7.31. The lowest BCUT2D eigenvalue weighted by molar-refractivity contribution is 0.0767. The molecule has 0 aliphatic carbocycles. The van der Waals surface area contributed by atoms with Gasteiger partial charge in [-0.1, -0.05) is 20.8 Å². The molecular formula is C18H29IN4OS. The average molecular weight is 476 g/mol. The van der Waals surface area contributed by atoms with E-state index in [0.29, 0.717) is 24.0 Å². The van der Waals surface area contributed by atoms with E-state index in [4.69, 9.17) is 9.72 Å². The lowest BCUT2D eigenvalue weighted by Crippen LogP contribution is -2.41. The molecule has 25 heavy (non-hydrogen) atoms. The maximum Gasteiger partial charge on any atom is 0.194 e. The summed E-state index contributed by atoms with van der Waals surface area (Å²) in [6, 6.07) is 0. The number of rotatable bonds is 2. The number of fused-ring (bicyclic) bond motifs is 5. The van der Waals surface area contributed by atoms with Crippen molar-refractivity contribution < 1.29 is 4.74 Å². The van der Waals surface area contributed by atoms with Crippen molar-refractivity contribution in [2.24, 2.45) is 16.8 Å². The number of hydrogen-bond acceptors (Lipinski definition) is 4. The van der Waals surface area contributed by atoms with Crippen LogP contribution >= 0.6 is 35.3 Å². The molecule has 0 aromatic carbocycles. The number of halogens is 1. The molecule has 0 saturated carbocycles. The summed E-state index contributed by atoms with van der Waals surface area (Å²) < 4.78 is 6.07. The van der Waals surface area contributed by atoms with Gasteiger partial charge < -0.3 is 15.0 Å². The lowest BCUT2D eigenvalue weighted by Gasteiger charge is -2.23. The summed E-state index contributed by atoms with van der Waals surface area (Å²) in [4.78, 5) is 11.7. The van der Waals surface area contributed by atoms with Crippen LogP contribution in [0.2, 0.25) is 0 Å². The van der Waals surface area contributed by atoms with Gasteiger partial charge in [0, 0.05) is 42.8 Å². The highest BCUT2D eigenvalue weighted by Crippen LogP contribution is 2.47. The van der Waals surface area contributed by atoms with Crippen LogP contribution in [0.25, 0.3) is 0 Å². The van der Waals surface area contributed by atoms with Crippen molar-refractivity contribution in [3.8, 4) is 0 Å². The normalized spacial score (nSPS) is 31.2. The number of nitrogens with zero attached hydrogens (tertiary/aromatic N) is 3. The second-order valence-corrected chi connectivity index (χ2v) is 9.24. The number of hydrogen-bond donors (Lipinski definition) is 1. The van der Waals surface area contributed by atoms with E-state index in [1.54, 1.807) is 11.3 Å². The van der Waals surface area contributed by atoms with E-state index in [-0.39, 0.29) is 29.4 Å². The Bertz CT molecular complexity index is 623. The number of thiazole rings is 1. The summed E-state index contributed by atoms with van der Waals surface area (Å²) in [7, 11) is 1.88. The molecule has 3 aliphatic rings. The van der Waals surface area contributed by atoms with Crippen LogP contribution in [0, 0.1) is 11.8 Å². The van der Waals surface area contributed by atoms with Crippen LogP contribution in [-0.4, -0.2) is 48.2 Å². The van der Waals surface area contributed by atoms with E-state index < -0.39 is 0 Å². The minimum Gasteiger partial charge on any atom is -0.374 e. The zero-order valence-electron chi connectivity index (χ0n) is 15.5. The molecule has 0 spiro atoms. The van der Waals surface area contributed by atoms with Crippen LogP contribution in [-0.2, 0) is 16.7 Å². The van der Waals surface area contributed by atoms with Crippen molar-refractivity contribution in [2.75, 3.05) is 20.1 Å². The Hall–Kier alpha value is -0.410. The fourth-order valence-corrected chi connectivity index (χ4v) is 5.32. The predicted molar refractivity (Wildman–Crippen MR) is 113 cm³/mol. The Labute approximate surface area is 171 Å². The summed E-state index contributed by atoms with van der Waals surface area (Å²) in [5.74, 6) is 2.42. The third kappa shape index (κ3) is 3.69. The molecule has 5 nitrogen and oxygen atoms in total. The number of aromatic nitrogens is 1. The minimum absolute atomic E-state index is 0. The first kappa shape index (κ1) is 19.4. The zero-order valence-corrected chi connectivity index (χ0v) is 18.6. The van der Waals surface area contributed by atoms with Crippen molar-refractivity contribution in [1.82, 2.24) is 15.2 Å². The van der Waals surface area contributed by atoms with Crippen molar-refractivity contribution >= 4 is 41.3 Å². The number of likely N-dealkylation sites (tertiary alicyclic amines) is 1. The van der Waals surface area contributed by atoms with Crippen LogP contribution in [0.5, 0.6) is 0 Å². The molecule has 3 saturated heterocycles. The molecule has 1 aromatic heterocycles. The van der Waals surface area contributed by atoms with Gasteiger partial charge in [0.05, 0.1) is 24.4 Å². The Morgan fingerprint density at radius 3 is 2.48 bits per heavy atom. The molecule has 3 aliphatic heterocycles. The van der Waals surface area contributed by atoms with Gasteiger partial charge in [-0.05, 0) is 12.8 Å². The fraction of sp³-hybridized carbons (Fsp3) is 0.778. The summed E-state index contributed by atoms with van der Waals surface area (Å²) >= 11 is 1.73. The van der Waals surface area contributed by atoms with Crippen LogP contribution in [0.4, 0.5) is 0 Å². The van der Waals surface area contributed by atoms with E-state index in [0.717, 1.165) is 30.6 Å². The largest absolute Gasteiger partial charge is 0.374 e. The Morgan fingerprint density at radius 1 is 1.32 bits per heavy atom. The van der Waals surface area contributed by atoms with Crippen molar-refractivity contribution in [3.05, 3.63) is 16.1 Å². The number of guanidine groups is 1. The summed E-state index contributed by atoms with van der Waals surface area (Å²) in [5.41, 5.74) is 1.28. The van der Waals surface area contributed by atoms with Crippen LogP contribution in [0.3, 0.4) is 0 Å². The van der Waals surface area contributed by atoms with Gasteiger partial charge >= 0.3 is 0 Å². The summed E-state index contributed by atoms with van der Waals surface area (Å²) in [6.07, 6.45) is 3.49. The van der Waals surface area contributed by atoms with Gasteiger partial charge in [0.1, 0.15) is 5.01 Å². The van der Waals surface area contributed by atoms with Crippen LogP contribution in [0.15, 0.2) is 10.4 Å². The Morgan fingerprint density at radius 2 is 1.96 bits per heavy atom. The molecule has 4 heterocycles. The van der Waals surface area contributed by atoms with Crippen LogP contribution < -0.4 is 5.32 Å². The molecule has 0 amide bonds. The second-order valence-electron chi connectivity index (χ2n) is 8.30. The molecule has 7 heteroatoms. The highest BCUT2D eigenvalue weighted by Gasteiger charge is 2.53. The van der Waals surface area contributed by atoms with Crippen molar-refractivity contribution in [1.29, 1.82) is 0 Å². The third-order valence-electron chi connectivity index (χ3n) is 5.68. The molecule has 3 fully saturated rings. The SMILES string of the molecule is CN=C(NCc1nc(C(C)(C)C)cs1)N1CC2C3CCC(O3)C2C1.I. The molecule has 2 bridgehead atoms. The topological polar surface area (TPSA) is 49.8 Å². The van der Waals surface area contributed by atoms with Crippen molar-refractivity contribution in [2.45, 2.75) is 57.8 Å². The minimum atomic E-state index is 0. The van der Waals surface area contributed by atoms with Gasteiger partial charge in [-0.3, -0.25) is 4.99 Å². The van der Waals surface area contributed by atoms with E-state index in [9.17, 15) is 0 Å². The number of aliphatic imine (C=N–C) groups is 1. The zero-order chi connectivity index (χ0) is 16.9. The van der Waals surface area contributed by atoms with E-state index in [1.165, 1.54) is 18.5 Å². The Kier molecular flexibility index (Phi) is 5.66. The molecule has 0 radical (unpaired) electrons. The third-order valence-corrected chi connectivity index (χ3v) is 6.53. The first-order valence-corrected chi connectivity index (χ1v) is 9.89. The predicted octanol–water partition coefficient (Wildman–Crippen LogP) is 3.24. The molecular weight excluding hydrogens is 447 g/mol. The van der Waals surface area contributed by atoms with E-state index >= 15 is 0 Å². The maximum atomic E-state index is 6.07. The maximum absolute atomic E-state index is 6.07. The molecule has 140 valence electrons. The van der Waals surface area contributed by atoms with E-state index in [2.05, 4.69) is 41.4 Å². The van der Waals surface area contributed by atoms with E-state index in [1.807, 2.05) is 7.05 Å². The van der Waals surface area contributed by atoms with Gasteiger partial charge in [0.25, 0.3) is 0 Å². The summed E-state index contributed by atoms with van der Waals surface area (Å²) in [5, 5.41) is 6.82. The standard InChI is InChI=1S/C18H28N4OS.HI/c1-18(2,3)15-10-24-16(21-15)7-20-17(19-4)22-8-11-12(9-22)14-6-5-13(11)23-14;/h10-14H,5-9H2,1-4H3,(H,19,20);1H. The first-order valence-electron chi connectivity index (χ1n) is 9.01. The number of ether oxygens (including phenoxy) is 1. The van der Waals surface area contributed by atoms with Gasteiger partial charge in [-0.25, -0.2) is 4.98 Å². The van der Waals surface area contributed by atoms with Crippen molar-refractivity contribution in [3.63, 3.8) is 0 Å². The summed E-state index contributed by atoms with van der Waals surface area (Å²) in [6.45, 7) is 9.53. The highest BCUT2D eigenvalue weighted by molar-refractivity contribution is 14.0. The first-order chi connectivity index (χ1) is 11.5. The molecule has 1 N–H and O–H groups in total. The average Bonchev–Trinajstić information content (AvgIpc) is 3.28. The van der Waals surface area contributed by atoms with Gasteiger partial charge in [0.2, 0.25) is 0 Å². The van der Waals surface area contributed by atoms with Crippen LogP contribution in [0.1, 0.15) is 44.3 Å². The van der Waals surface area contributed by atoms with Gasteiger partial charge in [-0.15, -0.1) is 35.3 Å². The number of nitrogens with one attached hydrogen (secondary N) is 1. The molecule has 4 rings (SSSR count). The lowest BCUT2D eigenvalue weighted by atomic mass is 9.82. The smallest absolute Gasteiger partial charge is 0.194 e. The monoisotopic (exact) mass is 476 g/mol. The molecule has 1 aromatic rings. The molecule has 4 unspecified atom stereocenters.